The van der Waals surface area contributed by atoms with Gasteiger partial charge in [0.25, 0.3) is 22.5 Å². The minimum atomic E-state index is -4.39. The summed E-state index contributed by atoms with van der Waals surface area (Å²) in [5.74, 6) is -0.797. The lowest BCUT2D eigenvalue weighted by molar-refractivity contribution is -0.385. The number of para-hydroxylation sites is 1. The molecule has 0 aromatic heterocycles. The lowest BCUT2D eigenvalue weighted by Crippen LogP contribution is -2.27. The molecule has 4 rings (SSSR count). The first kappa shape index (κ1) is 29.0. The Hall–Kier alpha value is -4.03. The Balaban J connectivity index is 1.59. The minimum absolute atomic E-state index is 0.00257. The molecule has 0 aliphatic carbocycles. The molecule has 0 saturated carbocycles. The van der Waals surface area contributed by atoms with Crippen molar-refractivity contribution < 1.29 is 36.8 Å². The highest BCUT2D eigenvalue weighted by molar-refractivity contribution is 14.1. The number of hydrogen-bond acceptors (Lipinski definition) is 11. The summed E-state index contributed by atoms with van der Waals surface area (Å²) >= 11 is 2.47. The highest BCUT2D eigenvalue weighted by atomic mass is 127. The fourth-order valence-corrected chi connectivity index (χ4v) is 6.26. The zero-order valence-corrected chi connectivity index (χ0v) is 24.0. The number of benzene rings is 3. The van der Waals surface area contributed by atoms with Crippen LogP contribution in [-0.2, 0) is 21.5 Å². The second-order valence-electron chi connectivity index (χ2n) is 7.98. The summed E-state index contributed by atoms with van der Waals surface area (Å²) in [7, 11) is -3.11. The number of non-ortho nitro benzene ring substituents is 1. The van der Waals surface area contributed by atoms with Crippen molar-refractivity contribution in [3.05, 3.63) is 100 Å². The van der Waals surface area contributed by atoms with Crippen molar-refractivity contribution >= 4 is 73.1 Å². The molecule has 0 spiro atoms. The second kappa shape index (κ2) is 11.6. The highest BCUT2D eigenvalue weighted by Crippen LogP contribution is 2.39. The molecular formula is C24H16IN3O10S2. The lowest BCUT2D eigenvalue weighted by atomic mass is 10.1. The van der Waals surface area contributed by atoms with E-state index >= 15 is 0 Å². The van der Waals surface area contributed by atoms with E-state index in [1.165, 1.54) is 43.5 Å². The number of halogens is 1. The molecule has 206 valence electrons. The number of nitrogens with zero attached hydrogens (tertiary/aromatic N) is 3. The number of methoxy groups -OCH3 is 1. The van der Waals surface area contributed by atoms with Crippen molar-refractivity contribution in [1.82, 2.24) is 4.90 Å². The maximum atomic E-state index is 13.0. The van der Waals surface area contributed by atoms with Gasteiger partial charge in [-0.15, -0.1) is 0 Å². The average Bonchev–Trinajstić information content (AvgIpc) is 3.17. The normalized spacial score (nSPS) is 14.4. The van der Waals surface area contributed by atoms with E-state index in [1.807, 2.05) is 22.6 Å². The van der Waals surface area contributed by atoms with E-state index in [0.717, 1.165) is 29.2 Å². The number of rotatable bonds is 9. The number of carbonyl (C=O) groups excluding carboxylic acids is 2. The number of nitro benzene ring substituents is 2. The molecule has 1 fully saturated rings. The Bertz CT molecular complexity index is 1690. The average molecular weight is 697 g/mol. The summed E-state index contributed by atoms with van der Waals surface area (Å²) in [5, 5.41) is 21.5. The molecule has 16 heteroatoms. The van der Waals surface area contributed by atoms with Gasteiger partial charge in [-0.25, -0.2) is 0 Å². The predicted molar refractivity (Wildman–Crippen MR) is 151 cm³/mol. The quantitative estimate of drug-likeness (QED) is 0.0954. The summed E-state index contributed by atoms with van der Waals surface area (Å²) in [6.45, 7) is -0.284. The Morgan fingerprint density at radius 3 is 2.33 bits per heavy atom. The van der Waals surface area contributed by atoms with Crippen LogP contribution in [0.2, 0.25) is 0 Å². The van der Waals surface area contributed by atoms with Gasteiger partial charge < -0.3 is 8.92 Å². The third kappa shape index (κ3) is 6.07. The van der Waals surface area contributed by atoms with Gasteiger partial charge in [0, 0.05) is 23.8 Å². The SMILES string of the molecule is COc1cc(/C=C2\SC(=O)N(Cc3ccccc3[N+](=O)[O-])C2=O)cc(I)c1OS(=O)(=O)c1ccc([N+](=O)[O-])cc1. The van der Waals surface area contributed by atoms with Crippen molar-refractivity contribution in [2.75, 3.05) is 7.11 Å². The van der Waals surface area contributed by atoms with Gasteiger partial charge in [0.1, 0.15) is 4.90 Å². The predicted octanol–water partition coefficient (Wildman–Crippen LogP) is 5.12. The van der Waals surface area contributed by atoms with Crippen LogP contribution in [-0.4, -0.2) is 41.4 Å². The Labute approximate surface area is 244 Å². The smallest absolute Gasteiger partial charge is 0.339 e. The maximum Gasteiger partial charge on any atom is 0.339 e. The molecule has 0 radical (unpaired) electrons. The van der Waals surface area contributed by atoms with Gasteiger partial charge in [-0.2, -0.15) is 8.42 Å². The topological polar surface area (TPSA) is 176 Å². The van der Waals surface area contributed by atoms with Gasteiger partial charge >= 0.3 is 10.1 Å². The van der Waals surface area contributed by atoms with Gasteiger partial charge in [-0.3, -0.25) is 34.7 Å². The first-order valence-electron chi connectivity index (χ1n) is 11.0. The molecule has 13 nitrogen and oxygen atoms in total. The number of amides is 2. The van der Waals surface area contributed by atoms with E-state index in [-0.39, 0.29) is 48.4 Å². The maximum absolute atomic E-state index is 13.0. The van der Waals surface area contributed by atoms with E-state index in [4.69, 9.17) is 8.92 Å². The third-order valence-corrected chi connectivity index (χ3v) is 8.41. The first-order chi connectivity index (χ1) is 18.9. The molecule has 0 bridgehead atoms. The minimum Gasteiger partial charge on any atom is -0.493 e. The molecule has 40 heavy (non-hydrogen) atoms. The van der Waals surface area contributed by atoms with Gasteiger partial charge in [0.15, 0.2) is 11.5 Å². The van der Waals surface area contributed by atoms with Crippen molar-refractivity contribution in [3.63, 3.8) is 0 Å². The number of thioether (sulfide) groups is 1. The first-order valence-corrected chi connectivity index (χ1v) is 14.3. The number of nitro groups is 2. The van der Waals surface area contributed by atoms with Crippen molar-refractivity contribution in [1.29, 1.82) is 0 Å². The molecule has 1 heterocycles. The summed E-state index contributed by atoms with van der Waals surface area (Å²) in [4.78, 5) is 47.1. The standard InChI is InChI=1S/C24H16IN3O10S2/c1-37-20-11-14(10-18(25)22(20)38-40(35,36)17-8-6-16(7-9-17)27(31)32)12-21-23(29)26(24(30)39-21)13-15-4-2-3-5-19(15)28(33)34/h2-12H,13H2,1H3/b21-12-. The molecule has 0 unspecified atom stereocenters. The van der Waals surface area contributed by atoms with Crippen LogP contribution < -0.4 is 8.92 Å². The van der Waals surface area contributed by atoms with Gasteiger partial charge in [-0.05, 0) is 70.3 Å². The monoisotopic (exact) mass is 697 g/mol. The van der Waals surface area contributed by atoms with Crippen molar-refractivity contribution in [3.8, 4) is 11.5 Å². The van der Waals surface area contributed by atoms with Crippen LogP contribution >= 0.6 is 34.4 Å². The number of ether oxygens (including phenoxy) is 1. The van der Waals surface area contributed by atoms with Crippen LogP contribution in [0, 0.1) is 23.8 Å². The Morgan fingerprint density at radius 1 is 1.02 bits per heavy atom. The highest BCUT2D eigenvalue weighted by Gasteiger charge is 2.36. The van der Waals surface area contributed by atoms with E-state index in [0.29, 0.717) is 17.3 Å². The van der Waals surface area contributed by atoms with Crippen LogP contribution in [0.1, 0.15) is 11.1 Å². The fraction of sp³-hybridized carbons (Fsp3) is 0.0833. The van der Waals surface area contributed by atoms with Gasteiger partial charge in [0.2, 0.25) is 0 Å². The largest absolute Gasteiger partial charge is 0.493 e. The molecular weight excluding hydrogens is 681 g/mol. The number of carbonyl (C=O) groups is 2. The fourth-order valence-electron chi connectivity index (χ4n) is 3.58. The lowest BCUT2D eigenvalue weighted by Gasteiger charge is -2.14. The summed E-state index contributed by atoms with van der Waals surface area (Å²) in [6.07, 6.45) is 1.41. The molecule has 0 N–H and O–H groups in total. The summed E-state index contributed by atoms with van der Waals surface area (Å²) in [5.41, 5.74) is 0.0754. The van der Waals surface area contributed by atoms with E-state index in [1.54, 1.807) is 6.07 Å². The van der Waals surface area contributed by atoms with Crippen LogP contribution in [0.5, 0.6) is 11.5 Å². The zero-order valence-electron chi connectivity index (χ0n) is 20.2. The molecule has 3 aromatic carbocycles. The molecule has 3 aromatic rings. The van der Waals surface area contributed by atoms with E-state index < -0.39 is 31.1 Å². The van der Waals surface area contributed by atoms with Crippen LogP contribution in [0.3, 0.4) is 0 Å². The molecule has 1 saturated heterocycles. The molecule has 1 aliphatic rings. The zero-order chi connectivity index (χ0) is 29.2. The molecule has 2 amide bonds. The van der Waals surface area contributed by atoms with Crippen LogP contribution in [0.4, 0.5) is 16.2 Å². The third-order valence-electron chi connectivity index (χ3n) is 5.47. The van der Waals surface area contributed by atoms with Crippen molar-refractivity contribution in [2.45, 2.75) is 11.4 Å². The number of hydrogen-bond donors (Lipinski definition) is 0. The second-order valence-corrected chi connectivity index (χ2v) is 11.7. The van der Waals surface area contributed by atoms with Crippen molar-refractivity contribution in [2.24, 2.45) is 0 Å². The summed E-state index contributed by atoms with van der Waals surface area (Å²) < 4.78 is 36.5. The van der Waals surface area contributed by atoms with Gasteiger partial charge in [0.05, 0.1) is 32.0 Å². The van der Waals surface area contributed by atoms with Crippen LogP contribution in [0.15, 0.2) is 70.5 Å². The number of imide groups is 1. The Morgan fingerprint density at radius 2 is 1.70 bits per heavy atom. The van der Waals surface area contributed by atoms with E-state index in [9.17, 15) is 38.2 Å². The van der Waals surface area contributed by atoms with Gasteiger partial charge in [-0.1, -0.05) is 18.2 Å². The Kier molecular flexibility index (Phi) is 8.40. The molecule has 0 atom stereocenters. The van der Waals surface area contributed by atoms with E-state index in [2.05, 4.69) is 0 Å². The summed E-state index contributed by atoms with van der Waals surface area (Å²) in [6, 6.07) is 12.8. The molecule has 1 aliphatic heterocycles. The van der Waals surface area contributed by atoms with Crippen LogP contribution in [0.25, 0.3) is 6.08 Å².